The average molecular weight is 391 g/mol. The smallest absolute Gasteiger partial charge is 0.311 e. The van der Waals surface area contributed by atoms with Crippen LogP contribution < -0.4 is 0 Å². The molecule has 0 amide bonds. The van der Waals surface area contributed by atoms with Crippen LogP contribution in [0.25, 0.3) is 0 Å². The number of methoxy groups -OCH3 is 2. The molecule has 5 heteroatoms. The molecule has 156 valence electrons. The van der Waals surface area contributed by atoms with Crippen LogP contribution in [-0.2, 0) is 23.9 Å². The van der Waals surface area contributed by atoms with Gasteiger partial charge in [-0.1, -0.05) is 25.0 Å². The summed E-state index contributed by atoms with van der Waals surface area (Å²) in [5.41, 5.74) is 0.0194. The van der Waals surface area contributed by atoms with Crippen LogP contribution in [0.1, 0.15) is 66.2 Å². The first-order valence-corrected chi connectivity index (χ1v) is 10.4. The number of fused-ring (bicyclic) bond motifs is 3. The van der Waals surface area contributed by atoms with E-state index in [1.54, 1.807) is 0 Å². The van der Waals surface area contributed by atoms with Gasteiger partial charge in [-0.05, 0) is 63.7 Å². The van der Waals surface area contributed by atoms with Gasteiger partial charge in [0.05, 0.1) is 26.1 Å². The van der Waals surface area contributed by atoms with Crippen LogP contribution in [0.15, 0.2) is 11.6 Å². The highest BCUT2D eigenvalue weighted by atomic mass is 16.5. The molecular weight excluding hydrogens is 356 g/mol. The summed E-state index contributed by atoms with van der Waals surface area (Å²) in [5, 5.41) is 0. The van der Waals surface area contributed by atoms with Crippen molar-refractivity contribution in [1.82, 2.24) is 0 Å². The van der Waals surface area contributed by atoms with Gasteiger partial charge in [-0.15, -0.1) is 0 Å². The summed E-state index contributed by atoms with van der Waals surface area (Å²) < 4.78 is 10.0. The summed E-state index contributed by atoms with van der Waals surface area (Å²) in [5.74, 6) is -0.282. The molecule has 0 heterocycles. The lowest BCUT2D eigenvalue weighted by molar-refractivity contribution is -0.168. The van der Waals surface area contributed by atoms with Gasteiger partial charge in [0.25, 0.3) is 0 Å². The second-order valence-electron chi connectivity index (χ2n) is 9.97. The maximum absolute atomic E-state index is 13.2. The lowest BCUT2D eigenvalue weighted by Crippen LogP contribution is -2.57. The van der Waals surface area contributed by atoms with E-state index in [0.717, 1.165) is 25.7 Å². The Bertz CT molecular complexity index is 721. The van der Waals surface area contributed by atoms with Crippen molar-refractivity contribution in [2.75, 3.05) is 14.2 Å². The number of Topliss-reactive ketones (excluding diaryl/α,β-unsaturated/α-hetero) is 1. The largest absolute Gasteiger partial charge is 0.469 e. The Balaban J connectivity index is 2.04. The molecule has 3 aliphatic carbocycles. The Labute approximate surface area is 168 Å². The second kappa shape index (κ2) is 7.00. The molecule has 5 nitrogen and oxygen atoms in total. The predicted octanol–water partition coefficient (Wildman–Crippen LogP) is 4.10. The molecule has 28 heavy (non-hydrogen) atoms. The highest BCUT2D eigenvalue weighted by Crippen LogP contribution is 2.65. The molecule has 3 aliphatic rings. The molecule has 0 aliphatic heterocycles. The molecule has 3 rings (SSSR count). The quantitative estimate of drug-likeness (QED) is 0.536. The van der Waals surface area contributed by atoms with E-state index in [1.165, 1.54) is 19.8 Å². The van der Waals surface area contributed by atoms with Crippen molar-refractivity contribution in [2.45, 2.75) is 66.2 Å². The van der Waals surface area contributed by atoms with Gasteiger partial charge in [0.15, 0.2) is 0 Å². The monoisotopic (exact) mass is 390 g/mol. The molecule has 0 aromatic carbocycles. The van der Waals surface area contributed by atoms with Crippen molar-refractivity contribution < 1.29 is 23.9 Å². The first kappa shape index (κ1) is 21.1. The maximum Gasteiger partial charge on any atom is 0.311 e. The van der Waals surface area contributed by atoms with Crippen LogP contribution in [0.3, 0.4) is 0 Å². The fourth-order valence-electron chi connectivity index (χ4n) is 6.67. The average Bonchev–Trinajstić information content (AvgIpc) is 2.65. The van der Waals surface area contributed by atoms with Gasteiger partial charge in [-0.3, -0.25) is 14.4 Å². The molecule has 5 atom stereocenters. The lowest BCUT2D eigenvalue weighted by Gasteiger charge is -2.60. The number of esters is 2. The van der Waals surface area contributed by atoms with Crippen molar-refractivity contribution in [3.05, 3.63) is 11.6 Å². The van der Waals surface area contributed by atoms with Gasteiger partial charge in [0, 0.05) is 11.3 Å². The van der Waals surface area contributed by atoms with Crippen molar-refractivity contribution >= 4 is 17.7 Å². The molecule has 0 N–H and O–H groups in total. The minimum absolute atomic E-state index is 0.0857. The van der Waals surface area contributed by atoms with Crippen molar-refractivity contribution in [1.29, 1.82) is 0 Å². The third-order valence-corrected chi connectivity index (χ3v) is 8.24. The van der Waals surface area contributed by atoms with Gasteiger partial charge < -0.3 is 9.47 Å². The number of carbonyl (C=O) groups is 3. The van der Waals surface area contributed by atoms with E-state index in [1.807, 2.05) is 20.8 Å². The minimum atomic E-state index is -0.589. The van der Waals surface area contributed by atoms with E-state index < -0.39 is 10.8 Å². The van der Waals surface area contributed by atoms with Crippen LogP contribution in [-0.4, -0.2) is 31.9 Å². The Kier molecular flexibility index (Phi) is 5.26. The maximum atomic E-state index is 13.2. The van der Waals surface area contributed by atoms with E-state index in [9.17, 15) is 14.4 Å². The Morgan fingerprint density at radius 3 is 2.39 bits per heavy atom. The third kappa shape index (κ3) is 2.93. The number of allylic oxidation sites excluding steroid dienone is 2. The van der Waals surface area contributed by atoms with Crippen LogP contribution in [0.2, 0.25) is 0 Å². The van der Waals surface area contributed by atoms with E-state index in [0.29, 0.717) is 6.42 Å². The van der Waals surface area contributed by atoms with E-state index in [4.69, 9.17) is 9.47 Å². The zero-order valence-corrected chi connectivity index (χ0v) is 18.1. The summed E-state index contributed by atoms with van der Waals surface area (Å²) in [6, 6.07) is 0. The Hall–Kier alpha value is -1.65. The van der Waals surface area contributed by atoms with Crippen LogP contribution in [0.5, 0.6) is 0 Å². The van der Waals surface area contributed by atoms with Crippen molar-refractivity contribution in [2.24, 2.45) is 34.0 Å². The Morgan fingerprint density at radius 1 is 1.11 bits per heavy atom. The van der Waals surface area contributed by atoms with Gasteiger partial charge >= 0.3 is 11.9 Å². The SMILES string of the molecule is COC(=O)C[C@@H]1C[C@H]2C(=CC[C@@H]3[C@]2(C)CCC[C@@]3(C)C(=O)OC)C(C)(C)C1=O. The zero-order chi connectivity index (χ0) is 20.9. The normalized spacial score (nSPS) is 39.3. The predicted molar refractivity (Wildman–Crippen MR) is 105 cm³/mol. The first-order valence-electron chi connectivity index (χ1n) is 10.4. The van der Waals surface area contributed by atoms with Gasteiger partial charge in [0.2, 0.25) is 0 Å². The summed E-state index contributed by atoms with van der Waals surface area (Å²) in [7, 11) is 2.84. The van der Waals surface area contributed by atoms with Crippen molar-refractivity contribution in [3.63, 3.8) is 0 Å². The fraction of sp³-hybridized carbons (Fsp3) is 0.783. The molecule has 0 unspecified atom stereocenters. The molecular formula is C23H34O5. The summed E-state index contributed by atoms with van der Waals surface area (Å²) in [6.45, 7) is 8.31. The number of ketones is 1. The zero-order valence-electron chi connectivity index (χ0n) is 18.1. The molecule has 0 radical (unpaired) electrons. The fourth-order valence-corrected chi connectivity index (χ4v) is 6.67. The first-order chi connectivity index (χ1) is 13.0. The molecule has 0 bridgehead atoms. The molecule has 0 saturated heterocycles. The third-order valence-electron chi connectivity index (χ3n) is 8.24. The molecule has 2 saturated carbocycles. The molecule has 0 spiro atoms. The number of hydrogen-bond donors (Lipinski definition) is 0. The Morgan fingerprint density at radius 2 is 1.79 bits per heavy atom. The number of rotatable bonds is 3. The van der Waals surface area contributed by atoms with E-state index >= 15 is 0 Å². The molecule has 0 aromatic heterocycles. The highest BCUT2D eigenvalue weighted by Gasteiger charge is 2.61. The number of carbonyl (C=O) groups excluding carboxylic acids is 3. The minimum Gasteiger partial charge on any atom is -0.469 e. The summed E-state index contributed by atoms with van der Waals surface area (Å²) in [6.07, 6.45) is 6.65. The van der Waals surface area contributed by atoms with Gasteiger partial charge in [-0.25, -0.2) is 0 Å². The topological polar surface area (TPSA) is 69.7 Å². The van der Waals surface area contributed by atoms with Crippen LogP contribution >= 0.6 is 0 Å². The molecule has 0 aromatic rings. The van der Waals surface area contributed by atoms with E-state index in [-0.39, 0.29) is 47.3 Å². The lowest BCUT2D eigenvalue weighted by atomic mass is 9.43. The van der Waals surface area contributed by atoms with Gasteiger partial charge in [0.1, 0.15) is 5.78 Å². The summed E-state index contributed by atoms with van der Waals surface area (Å²) >= 11 is 0. The van der Waals surface area contributed by atoms with Crippen LogP contribution in [0.4, 0.5) is 0 Å². The number of ether oxygens (including phenoxy) is 2. The standard InChI is InChI=1S/C23H34O5/c1-21(2)15-8-9-17-22(3,10-7-11-23(17,4)20(26)28-6)16(15)12-14(19(21)25)13-18(24)27-5/h8,14,16-17H,7,9-13H2,1-6H3/t14-,16-,17+,22+,23+/m0/s1. The summed E-state index contributed by atoms with van der Waals surface area (Å²) in [4.78, 5) is 37.8. The highest BCUT2D eigenvalue weighted by molar-refractivity contribution is 5.93. The molecule has 2 fully saturated rings. The second-order valence-corrected chi connectivity index (χ2v) is 9.97. The van der Waals surface area contributed by atoms with Crippen molar-refractivity contribution in [3.8, 4) is 0 Å². The van der Waals surface area contributed by atoms with Gasteiger partial charge in [-0.2, -0.15) is 0 Å². The number of hydrogen-bond acceptors (Lipinski definition) is 5. The van der Waals surface area contributed by atoms with E-state index in [2.05, 4.69) is 13.0 Å². The van der Waals surface area contributed by atoms with Crippen LogP contribution in [0, 0.1) is 34.0 Å².